The molecular weight excluding hydrogens is 328 g/mol. The lowest BCUT2D eigenvalue weighted by Crippen LogP contribution is -2.24. The van der Waals surface area contributed by atoms with Gasteiger partial charge in [-0.05, 0) is 31.5 Å². The predicted octanol–water partition coefficient (Wildman–Crippen LogP) is 3.75. The van der Waals surface area contributed by atoms with Gasteiger partial charge >= 0.3 is 5.97 Å². The van der Waals surface area contributed by atoms with Crippen molar-refractivity contribution in [2.24, 2.45) is 0 Å². The quantitative estimate of drug-likeness (QED) is 0.529. The summed E-state index contributed by atoms with van der Waals surface area (Å²) in [6.45, 7) is 5.65. The molecule has 5 heteroatoms. The van der Waals surface area contributed by atoms with Crippen LogP contribution in [0.1, 0.15) is 43.1 Å². The maximum absolute atomic E-state index is 12.9. The molecule has 0 aliphatic carbocycles. The lowest BCUT2D eigenvalue weighted by molar-refractivity contribution is -0.146. The number of pyridine rings is 2. The molecule has 3 heterocycles. The molecule has 1 aromatic carbocycles. The first kappa shape index (κ1) is 16.5. The Labute approximate surface area is 151 Å². The van der Waals surface area contributed by atoms with Gasteiger partial charge < -0.3 is 9.30 Å². The lowest BCUT2D eigenvalue weighted by Gasteiger charge is -2.19. The van der Waals surface area contributed by atoms with E-state index in [1.807, 2.05) is 37.3 Å². The van der Waals surface area contributed by atoms with Crippen LogP contribution >= 0.6 is 0 Å². The molecule has 0 fully saturated rings. The largest absolute Gasteiger partial charge is 0.458 e. The maximum atomic E-state index is 12.9. The molecule has 2 aromatic heterocycles. The van der Waals surface area contributed by atoms with Crippen LogP contribution in [0.25, 0.3) is 22.3 Å². The topological polar surface area (TPSA) is 61.2 Å². The van der Waals surface area contributed by atoms with E-state index in [1.54, 1.807) is 11.5 Å². The molecule has 4 rings (SSSR count). The summed E-state index contributed by atoms with van der Waals surface area (Å²) in [6, 6.07) is 12.0. The van der Waals surface area contributed by atoms with E-state index in [-0.39, 0.29) is 11.5 Å². The molecule has 26 heavy (non-hydrogen) atoms. The summed E-state index contributed by atoms with van der Waals surface area (Å²) in [5.74, 6) is -0.346. The van der Waals surface area contributed by atoms with Gasteiger partial charge in [-0.2, -0.15) is 0 Å². The number of aromatic nitrogens is 2. The SMILES string of the molecule is CCC(OC(C)=O)c1cc2n(c(=O)c1C)Cc1cc3ccccc3nc1-2. The van der Waals surface area contributed by atoms with Gasteiger partial charge in [0, 0.05) is 29.0 Å². The van der Waals surface area contributed by atoms with Crippen LogP contribution in [0, 0.1) is 6.92 Å². The van der Waals surface area contributed by atoms with Crippen molar-refractivity contribution in [1.29, 1.82) is 0 Å². The van der Waals surface area contributed by atoms with Crippen molar-refractivity contribution in [3.05, 3.63) is 63.4 Å². The Morgan fingerprint density at radius 3 is 2.81 bits per heavy atom. The molecule has 1 aliphatic rings. The third kappa shape index (κ3) is 2.51. The standard InChI is InChI=1S/C21H20N2O3/c1-4-19(26-13(3)24)16-10-18-20-15(11-23(18)21(25)12(16)2)9-14-7-5-6-8-17(14)22-20/h5-10,19H,4,11H2,1-3H3. The van der Waals surface area contributed by atoms with Crippen molar-refractivity contribution < 1.29 is 9.53 Å². The maximum Gasteiger partial charge on any atom is 0.303 e. The molecule has 0 N–H and O–H groups in total. The zero-order valence-corrected chi connectivity index (χ0v) is 15.1. The molecule has 0 spiro atoms. The third-order valence-corrected chi connectivity index (χ3v) is 4.98. The van der Waals surface area contributed by atoms with Gasteiger partial charge in [-0.15, -0.1) is 0 Å². The molecule has 3 aromatic rings. The average Bonchev–Trinajstić information content (AvgIpc) is 2.98. The number of fused-ring (bicyclic) bond motifs is 4. The van der Waals surface area contributed by atoms with Crippen molar-refractivity contribution in [2.45, 2.75) is 39.8 Å². The molecule has 1 aliphatic heterocycles. The Morgan fingerprint density at radius 2 is 2.08 bits per heavy atom. The molecule has 5 nitrogen and oxygen atoms in total. The molecule has 0 bridgehead atoms. The zero-order chi connectivity index (χ0) is 18.4. The molecule has 0 radical (unpaired) electrons. The van der Waals surface area contributed by atoms with E-state index in [4.69, 9.17) is 9.72 Å². The van der Waals surface area contributed by atoms with Gasteiger partial charge in [-0.25, -0.2) is 4.98 Å². The summed E-state index contributed by atoms with van der Waals surface area (Å²) < 4.78 is 7.19. The van der Waals surface area contributed by atoms with Crippen molar-refractivity contribution >= 4 is 16.9 Å². The highest BCUT2D eigenvalue weighted by Gasteiger charge is 2.26. The molecule has 132 valence electrons. The monoisotopic (exact) mass is 348 g/mol. The summed E-state index contributed by atoms with van der Waals surface area (Å²) >= 11 is 0. The second-order valence-corrected chi connectivity index (χ2v) is 6.70. The number of nitrogens with zero attached hydrogens (tertiary/aromatic N) is 2. The van der Waals surface area contributed by atoms with Gasteiger partial charge in [0.15, 0.2) is 0 Å². The van der Waals surface area contributed by atoms with Crippen LogP contribution < -0.4 is 5.56 Å². The van der Waals surface area contributed by atoms with Gasteiger partial charge in [0.1, 0.15) is 6.10 Å². The van der Waals surface area contributed by atoms with Crippen LogP contribution in [-0.2, 0) is 16.1 Å². The van der Waals surface area contributed by atoms with Gasteiger partial charge in [-0.1, -0.05) is 25.1 Å². The third-order valence-electron chi connectivity index (χ3n) is 4.98. The molecular formula is C21H20N2O3. The average molecular weight is 348 g/mol. The zero-order valence-electron chi connectivity index (χ0n) is 15.1. The fraction of sp³-hybridized carbons (Fsp3) is 0.286. The number of esters is 1. The molecule has 0 amide bonds. The van der Waals surface area contributed by atoms with Gasteiger partial charge in [0.2, 0.25) is 0 Å². The van der Waals surface area contributed by atoms with E-state index in [2.05, 4.69) is 6.07 Å². The number of hydrogen-bond acceptors (Lipinski definition) is 4. The van der Waals surface area contributed by atoms with Crippen molar-refractivity contribution in [2.75, 3.05) is 0 Å². The first-order valence-corrected chi connectivity index (χ1v) is 8.80. The van der Waals surface area contributed by atoms with Crippen LogP contribution in [0.2, 0.25) is 0 Å². The van der Waals surface area contributed by atoms with Crippen molar-refractivity contribution in [1.82, 2.24) is 9.55 Å². The summed E-state index contributed by atoms with van der Waals surface area (Å²) in [6.07, 6.45) is 0.192. The van der Waals surface area contributed by atoms with Gasteiger partial charge in [0.25, 0.3) is 5.56 Å². The van der Waals surface area contributed by atoms with Gasteiger partial charge in [-0.3, -0.25) is 9.59 Å². The molecule has 1 atom stereocenters. The molecule has 1 unspecified atom stereocenters. The van der Waals surface area contributed by atoms with E-state index in [9.17, 15) is 9.59 Å². The highest BCUT2D eigenvalue weighted by atomic mass is 16.5. The summed E-state index contributed by atoms with van der Waals surface area (Å²) in [7, 11) is 0. The van der Waals surface area contributed by atoms with Gasteiger partial charge in [0.05, 0.1) is 23.4 Å². The smallest absolute Gasteiger partial charge is 0.303 e. The number of ether oxygens (including phenoxy) is 1. The second kappa shape index (κ2) is 6.09. The van der Waals surface area contributed by atoms with Crippen LogP contribution in [0.3, 0.4) is 0 Å². The molecule has 0 saturated carbocycles. The van der Waals surface area contributed by atoms with E-state index in [1.165, 1.54) is 6.92 Å². The number of carbonyl (C=O) groups excluding carboxylic acids is 1. The minimum atomic E-state index is -0.421. The van der Waals surface area contributed by atoms with Crippen LogP contribution in [0.4, 0.5) is 0 Å². The lowest BCUT2D eigenvalue weighted by atomic mass is 10.0. The Morgan fingerprint density at radius 1 is 1.31 bits per heavy atom. The van der Waals surface area contributed by atoms with Crippen LogP contribution in [0.5, 0.6) is 0 Å². The van der Waals surface area contributed by atoms with E-state index in [0.717, 1.165) is 33.4 Å². The molecule has 0 saturated heterocycles. The Bertz CT molecular complexity index is 1100. The summed E-state index contributed by atoms with van der Waals surface area (Å²) in [5, 5.41) is 1.07. The highest BCUT2D eigenvalue weighted by molar-refractivity contribution is 5.84. The van der Waals surface area contributed by atoms with Crippen molar-refractivity contribution in [3.8, 4) is 11.4 Å². The number of hydrogen-bond donors (Lipinski definition) is 0. The number of benzene rings is 1. The summed E-state index contributed by atoms with van der Waals surface area (Å²) in [4.78, 5) is 29.2. The second-order valence-electron chi connectivity index (χ2n) is 6.70. The minimum Gasteiger partial charge on any atom is -0.458 e. The Balaban J connectivity index is 1.92. The van der Waals surface area contributed by atoms with E-state index in [0.29, 0.717) is 18.5 Å². The van der Waals surface area contributed by atoms with Crippen LogP contribution in [-0.4, -0.2) is 15.5 Å². The first-order valence-electron chi connectivity index (χ1n) is 8.80. The van der Waals surface area contributed by atoms with Crippen LogP contribution in [0.15, 0.2) is 41.2 Å². The minimum absolute atomic E-state index is 0.0508. The number of rotatable bonds is 3. The van der Waals surface area contributed by atoms with E-state index >= 15 is 0 Å². The fourth-order valence-electron chi connectivity index (χ4n) is 3.70. The number of para-hydroxylation sites is 1. The van der Waals surface area contributed by atoms with E-state index < -0.39 is 6.10 Å². The number of carbonyl (C=O) groups is 1. The van der Waals surface area contributed by atoms with Crippen molar-refractivity contribution in [3.63, 3.8) is 0 Å². The normalized spacial score (nSPS) is 13.3. The fourth-order valence-corrected chi connectivity index (χ4v) is 3.70. The predicted molar refractivity (Wildman–Crippen MR) is 100 cm³/mol. The highest BCUT2D eigenvalue weighted by Crippen LogP contribution is 2.34. The first-order chi connectivity index (χ1) is 12.5. The Kier molecular flexibility index (Phi) is 3.87. The Hall–Kier alpha value is -2.95. The summed E-state index contributed by atoms with van der Waals surface area (Å²) in [5.41, 5.74) is 4.91.